The van der Waals surface area contributed by atoms with Gasteiger partial charge >= 0.3 is 0 Å². The van der Waals surface area contributed by atoms with E-state index in [0.29, 0.717) is 18.9 Å². The second-order valence-corrected chi connectivity index (χ2v) is 5.93. The van der Waals surface area contributed by atoms with Gasteiger partial charge in [-0.25, -0.2) is 0 Å². The summed E-state index contributed by atoms with van der Waals surface area (Å²) in [7, 11) is 1.91. The molecule has 1 unspecified atom stereocenters. The molecule has 0 aliphatic carbocycles. The zero-order valence-electron chi connectivity index (χ0n) is 12.7. The van der Waals surface area contributed by atoms with Gasteiger partial charge in [0.15, 0.2) is 0 Å². The topological polar surface area (TPSA) is 32.3 Å². The Balaban J connectivity index is 1.78. The number of nitrogens with zero attached hydrogens (tertiary/aromatic N) is 1. The molecule has 1 aliphatic heterocycles. The summed E-state index contributed by atoms with van der Waals surface area (Å²) in [6.45, 7) is 5.03. The number of hydrogen-bond acceptors (Lipinski definition) is 2. The maximum atomic E-state index is 12.2. The van der Waals surface area contributed by atoms with Crippen molar-refractivity contribution in [3.63, 3.8) is 0 Å². The maximum absolute atomic E-state index is 12.2. The van der Waals surface area contributed by atoms with Gasteiger partial charge in [0.25, 0.3) is 0 Å². The van der Waals surface area contributed by atoms with Crippen LogP contribution < -0.4 is 5.32 Å². The minimum absolute atomic E-state index is 0.263. The number of benzene rings is 1. The molecule has 20 heavy (non-hydrogen) atoms. The molecule has 0 bridgehead atoms. The van der Waals surface area contributed by atoms with Crippen molar-refractivity contribution in [2.24, 2.45) is 5.92 Å². The van der Waals surface area contributed by atoms with E-state index in [2.05, 4.69) is 24.4 Å². The molecule has 1 aliphatic rings. The van der Waals surface area contributed by atoms with E-state index in [1.54, 1.807) is 0 Å². The highest BCUT2D eigenvalue weighted by molar-refractivity contribution is 5.75. The summed E-state index contributed by atoms with van der Waals surface area (Å²) in [5.74, 6) is 0.943. The van der Waals surface area contributed by atoms with Crippen LogP contribution in [0.15, 0.2) is 24.3 Å². The Bertz CT molecular complexity index is 438. The minimum atomic E-state index is 0.263. The van der Waals surface area contributed by atoms with Crippen LogP contribution in [0.25, 0.3) is 0 Å². The lowest BCUT2D eigenvalue weighted by molar-refractivity contribution is -0.130. The lowest BCUT2D eigenvalue weighted by Crippen LogP contribution is -2.31. The average Bonchev–Trinajstić information content (AvgIpc) is 2.48. The third-order valence-corrected chi connectivity index (χ3v) is 4.26. The fraction of sp³-hybridized carbons (Fsp3) is 0.588. The van der Waals surface area contributed by atoms with Crippen molar-refractivity contribution in [1.29, 1.82) is 0 Å². The molecular formula is C17H26N2O. The number of carbonyl (C=O) groups excluding carboxylic acids is 1. The standard InChI is InChI=1S/C17H26N2O/c1-14-6-3-4-8-16(14)13-19(2)17(20)10-9-15-7-5-11-18-12-15/h3-4,6,8,15,18H,5,7,9-13H2,1-2H3. The van der Waals surface area contributed by atoms with E-state index in [4.69, 9.17) is 0 Å². The Labute approximate surface area is 122 Å². The van der Waals surface area contributed by atoms with Crippen molar-refractivity contribution >= 4 is 5.91 Å². The van der Waals surface area contributed by atoms with E-state index in [9.17, 15) is 4.79 Å². The molecule has 0 aromatic heterocycles. The molecule has 2 rings (SSSR count). The Hall–Kier alpha value is -1.35. The number of aryl methyl sites for hydroxylation is 1. The molecule has 1 fully saturated rings. The van der Waals surface area contributed by atoms with Crippen molar-refractivity contribution in [3.05, 3.63) is 35.4 Å². The molecule has 0 saturated carbocycles. The minimum Gasteiger partial charge on any atom is -0.341 e. The molecule has 1 N–H and O–H groups in total. The Morgan fingerprint density at radius 3 is 2.90 bits per heavy atom. The smallest absolute Gasteiger partial charge is 0.222 e. The summed E-state index contributed by atoms with van der Waals surface area (Å²) >= 11 is 0. The summed E-state index contributed by atoms with van der Waals surface area (Å²) in [6, 6.07) is 8.27. The highest BCUT2D eigenvalue weighted by atomic mass is 16.2. The van der Waals surface area contributed by atoms with E-state index < -0.39 is 0 Å². The van der Waals surface area contributed by atoms with E-state index >= 15 is 0 Å². The van der Waals surface area contributed by atoms with Gasteiger partial charge in [-0.3, -0.25) is 4.79 Å². The van der Waals surface area contributed by atoms with Crippen molar-refractivity contribution in [3.8, 4) is 0 Å². The summed E-state index contributed by atoms with van der Waals surface area (Å²) in [4.78, 5) is 14.1. The molecule has 1 heterocycles. The zero-order valence-corrected chi connectivity index (χ0v) is 12.7. The van der Waals surface area contributed by atoms with Crippen molar-refractivity contribution in [2.75, 3.05) is 20.1 Å². The van der Waals surface area contributed by atoms with Gasteiger partial charge < -0.3 is 10.2 Å². The highest BCUT2D eigenvalue weighted by Gasteiger charge is 2.16. The largest absolute Gasteiger partial charge is 0.341 e. The molecule has 3 heteroatoms. The zero-order chi connectivity index (χ0) is 14.4. The molecule has 3 nitrogen and oxygen atoms in total. The molecule has 1 aromatic rings. The first-order chi connectivity index (χ1) is 9.66. The molecule has 0 radical (unpaired) electrons. The van der Waals surface area contributed by atoms with Crippen molar-refractivity contribution < 1.29 is 4.79 Å². The van der Waals surface area contributed by atoms with E-state index in [-0.39, 0.29) is 5.91 Å². The van der Waals surface area contributed by atoms with Crippen LogP contribution in [-0.4, -0.2) is 30.9 Å². The molecule has 1 amide bonds. The third kappa shape index (κ3) is 4.34. The van der Waals surface area contributed by atoms with Crippen molar-refractivity contribution in [2.45, 2.75) is 39.2 Å². The second-order valence-electron chi connectivity index (χ2n) is 5.93. The van der Waals surface area contributed by atoms with Crippen LogP contribution >= 0.6 is 0 Å². The summed E-state index contributed by atoms with van der Waals surface area (Å²) in [5, 5.41) is 3.41. The summed E-state index contributed by atoms with van der Waals surface area (Å²) < 4.78 is 0. The molecular weight excluding hydrogens is 248 g/mol. The number of hydrogen-bond donors (Lipinski definition) is 1. The number of carbonyl (C=O) groups is 1. The van der Waals surface area contributed by atoms with E-state index in [1.165, 1.54) is 24.0 Å². The fourth-order valence-corrected chi connectivity index (χ4v) is 2.82. The predicted octanol–water partition coefficient (Wildman–Crippen LogP) is 2.73. The Kier molecular flexibility index (Phi) is 5.60. The van der Waals surface area contributed by atoms with Crippen molar-refractivity contribution in [1.82, 2.24) is 10.2 Å². The normalized spacial score (nSPS) is 18.8. The monoisotopic (exact) mass is 274 g/mol. The van der Waals surface area contributed by atoms with Crippen LogP contribution in [0.2, 0.25) is 0 Å². The van der Waals surface area contributed by atoms with E-state index in [0.717, 1.165) is 19.5 Å². The van der Waals surface area contributed by atoms with E-state index in [1.807, 2.05) is 24.1 Å². The lowest BCUT2D eigenvalue weighted by Gasteiger charge is -2.24. The molecule has 1 saturated heterocycles. The summed E-state index contributed by atoms with van der Waals surface area (Å²) in [6.07, 6.45) is 4.21. The first-order valence-electron chi connectivity index (χ1n) is 7.66. The molecule has 1 atom stereocenters. The van der Waals surface area contributed by atoms with Gasteiger partial charge in [-0.15, -0.1) is 0 Å². The number of nitrogens with one attached hydrogen (secondary N) is 1. The van der Waals surface area contributed by atoms with Gasteiger partial charge in [-0.1, -0.05) is 24.3 Å². The van der Waals surface area contributed by atoms with Crippen LogP contribution in [0, 0.1) is 12.8 Å². The Morgan fingerprint density at radius 2 is 2.20 bits per heavy atom. The first-order valence-corrected chi connectivity index (χ1v) is 7.66. The third-order valence-electron chi connectivity index (χ3n) is 4.26. The summed E-state index contributed by atoms with van der Waals surface area (Å²) in [5.41, 5.74) is 2.49. The fourth-order valence-electron chi connectivity index (χ4n) is 2.82. The molecule has 1 aromatic carbocycles. The van der Waals surface area contributed by atoms with Gasteiger partial charge in [0.1, 0.15) is 0 Å². The van der Waals surface area contributed by atoms with Gasteiger partial charge in [-0.2, -0.15) is 0 Å². The Morgan fingerprint density at radius 1 is 1.40 bits per heavy atom. The molecule has 110 valence electrons. The maximum Gasteiger partial charge on any atom is 0.222 e. The second kappa shape index (κ2) is 7.44. The number of rotatable bonds is 5. The lowest BCUT2D eigenvalue weighted by atomic mass is 9.94. The van der Waals surface area contributed by atoms with Gasteiger partial charge in [-0.05, 0) is 56.3 Å². The first kappa shape index (κ1) is 15.0. The van der Waals surface area contributed by atoms with Crippen LogP contribution in [-0.2, 0) is 11.3 Å². The predicted molar refractivity (Wildman–Crippen MR) is 82.5 cm³/mol. The quantitative estimate of drug-likeness (QED) is 0.895. The highest BCUT2D eigenvalue weighted by Crippen LogP contribution is 2.17. The van der Waals surface area contributed by atoms with Gasteiger partial charge in [0.2, 0.25) is 5.91 Å². The molecule has 0 spiro atoms. The van der Waals surface area contributed by atoms with Crippen LogP contribution in [0.1, 0.15) is 36.8 Å². The average molecular weight is 274 g/mol. The van der Waals surface area contributed by atoms with Crippen LogP contribution in [0.5, 0.6) is 0 Å². The number of piperidine rings is 1. The van der Waals surface area contributed by atoms with Crippen LogP contribution in [0.4, 0.5) is 0 Å². The van der Waals surface area contributed by atoms with Crippen LogP contribution in [0.3, 0.4) is 0 Å². The van der Waals surface area contributed by atoms with Gasteiger partial charge in [0, 0.05) is 20.0 Å². The SMILES string of the molecule is Cc1ccccc1CN(C)C(=O)CCC1CCCNC1. The number of amides is 1. The van der Waals surface area contributed by atoms with Gasteiger partial charge in [0.05, 0.1) is 0 Å².